The van der Waals surface area contributed by atoms with E-state index in [1.807, 2.05) is 0 Å². The lowest BCUT2D eigenvalue weighted by Crippen LogP contribution is -2.32. The first-order valence-electron chi connectivity index (χ1n) is 5.22. The molecule has 0 aliphatic heterocycles. The fourth-order valence-corrected chi connectivity index (χ4v) is 1.49. The second-order valence-electron chi connectivity index (χ2n) is 3.54. The van der Waals surface area contributed by atoms with Crippen LogP contribution in [0.15, 0.2) is 47.5 Å². The van der Waals surface area contributed by atoms with Crippen LogP contribution in [0.5, 0.6) is 0 Å². The molecule has 0 radical (unpaired) electrons. The molecule has 1 heterocycles. The number of hydrogen-bond acceptors (Lipinski definition) is 3. The number of hydrogen-bond donors (Lipinski definition) is 1. The minimum atomic E-state index is -0.408. The highest BCUT2D eigenvalue weighted by atomic mass is 35.5. The largest absolute Gasteiger partial charge is 0.348 e. The molecule has 18 heavy (non-hydrogen) atoms. The van der Waals surface area contributed by atoms with Crippen molar-refractivity contribution in [2.75, 3.05) is 0 Å². The summed E-state index contributed by atoms with van der Waals surface area (Å²) in [6.45, 7) is 0.0775. The first kappa shape index (κ1) is 12.3. The van der Waals surface area contributed by atoms with Crippen molar-refractivity contribution in [1.29, 1.82) is 0 Å². The van der Waals surface area contributed by atoms with Gasteiger partial charge in [-0.3, -0.25) is 9.36 Å². The van der Waals surface area contributed by atoms with Gasteiger partial charge in [0.15, 0.2) is 0 Å². The third-order valence-corrected chi connectivity index (χ3v) is 2.55. The summed E-state index contributed by atoms with van der Waals surface area (Å²) in [5.41, 5.74) is 0.0743. The molecular weight excluding hydrogens is 254 g/mol. The molecule has 0 saturated carbocycles. The second-order valence-corrected chi connectivity index (χ2v) is 3.98. The Labute approximate surface area is 108 Å². The van der Waals surface area contributed by atoms with E-state index in [1.165, 1.54) is 10.8 Å². The molecule has 5 nitrogen and oxygen atoms in total. The summed E-state index contributed by atoms with van der Waals surface area (Å²) in [5, 5.41) is 3.18. The Balaban J connectivity index is 2.03. The molecule has 0 fully saturated rings. The zero-order valence-electron chi connectivity index (χ0n) is 9.34. The van der Waals surface area contributed by atoms with E-state index in [4.69, 9.17) is 11.6 Å². The molecule has 0 unspecified atom stereocenters. The van der Waals surface area contributed by atoms with E-state index >= 15 is 0 Å². The summed E-state index contributed by atoms with van der Waals surface area (Å²) in [7, 11) is 0. The normalized spacial score (nSPS) is 10.1. The minimum Gasteiger partial charge on any atom is -0.334 e. The molecule has 0 spiro atoms. The first-order valence-corrected chi connectivity index (χ1v) is 5.60. The van der Waals surface area contributed by atoms with Crippen LogP contribution in [-0.2, 0) is 6.67 Å². The van der Waals surface area contributed by atoms with Gasteiger partial charge in [0, 0.05) is 23.0 Å². The Kier molecular flexibility index (Phi) is 3.74. The van der Waals surface area contributed by atoms with Gasteiger partial charge in [0.25, 0.3) is 5.91 Å². The fourth-order valence-electron chi connectivity index (χ4n) is 1.37. The quantitative estimate of drug-likeness (QED) is 0.907. The van der Waals surface area contributed by atoms with Gasteiger partial charge in [-0.1, -0.05) is 11.6 Å². The number of carbonyl (C=O) groups excluding carboxylic acids is 1. The SMILES string of the molecule is O=C(NCn1cccnc1=O)c1ccc(Cl)cc1. The molecule has 92 valence electrons. The lowest BCUT2D eigenvalue weighted by molar-refractivity contribution is 0.0941. The van der Waals surface area contributed by atoms with Crippen LogP contribution < -0.4 is 11.0 Å². The van der Waals surface area contributed by atoms with Gasteiger partial charge in [-0.05, 0) is 30.3 Å². The van der Waals surface area contributed by atoms with Crippen LogP contribution in [0.1, 0.15) is 10.4 Å². The Morgan fingerprint density at radius 1 is 1.33 bits per heavy atom. The van der Waals surface area contributed by atoms with Crippen molar-refractivity contribution in [3.05, 3.63) is 63.8 Å². The van der Waals surface area contributed by atoms with Gasteiger partial charge in [-0.2, -0.15) is 0 Å². The van der Waals surface area contributed by atoms with Crippen LogP contribution >= 0.6 is 11.6 Å². The lowest BCUT2D eigenvalue weighted by atomic mass is 10.2. The lowest BCUT2D eigenvalue weighted by Gasteiger charge is -2.06. The third-order valence-electron chi connectivity index (χ3n) is 2.30. The molecule has 6 heteroatoms. The van der Waals surface area contributed by atoms with E-state index in [2.05, 4.69) is 10.3 Å². The molecule has 0 aliphatic rings. The molecule has 2 rings (SSSR count). The van der Waals surface area contributed by atoms with Gasteiger partial charge < -0.3 is 5.32 Å². The first-order chi connectivity index (χ1) is 8.66. The van der Waals surface area contributed by atoms with E-state index in [0.717, 1.165) is 0 Å². The van der Waals surface area contributed by atoms with Crippen molar-refractivity contribution in [2.45, 2.75) is 6.67 Å². The molecule has 1 N–H and O–H groups in total. The van der Waals surface area contributed by atoms with Crippen LogP contribution in [0.25, 0.3) is 0 Å². The van der Waals surface area contributed by atoms with Gasteiger partial charge in [-0.15, -0.1) is 0 Å². The predicted molar refractivity (Wildman–Crippen MR) is 67.4 cm³/mol. The monoisotopic (exact) mass is 263 g/mol. The Morgan fingerprint density at radius 2 is 2.06 bits per heavy atom. The van der Waals surface area contributed by atoms with Gasteiger partial charge in [0.2, 0.25) is 0 Å². The number of halogens is 1. The number of aromatic nitrogens is 2. The fraction of sp³-hybridized carbons (Fsp3) is 0.0833. The van der Waals surface area contributed by atoms with Crippen molar-refractivity contribution in [3.63, 3.8) is 0 Å². The number of benzene rings is 1. The molecule has 2 aromatic rings. The smallest absolute Gasteiger partial charge is 0.334 e. The number of nitrogens with one attached hydrogen (secondary N) is 1. The number of amides is 1. The van der Waals surface area contributed by atoms with Crippen LogP contribution in [0.3, 0.4) is 0 Å². The zero-order chi connectivity index (χ0) is 13.0. The number of carbonyl (C=O) groups is 1. The Bertz CT molecular complexity index is 607. The highest BCUT2D eigenvalue weighted by Gasteiger charge is 2.04. The maximum atomic E-state index is 11.8. The van der Waals surface area contributed by atoms with Gasteiger partial charge in [0.05, 0.1) is 6.67 Å². The summed E-state index contributed by atoms with van der Waals surface area (Å²) in [6.07, 6.45) is 2.96. The summed E-state index contributed by atoms with van der Waals surface area (Å²) in [5.74, 6) is -0.276. The van der Waals surface area contributed by atoms with Crippen molar-refractivity contribution in [2.24, 2.45) is 0 Å². The van der Waals surface area contributed by atoms with E-state index in [9.17, 15) is 9.59 Å². The summed E-state index contributed by atoms with van der Waals surface area (Å²) >= 11 is 5.72. The van der Waals surface area contributed by atoms with Gasteiger partial charge in [0.1, 0.15) is 0 Å². The molecule has 1 amide bonds. The van der Waals surface area contributed by atoms with E-state index in [1.54, 1.807) is 36.5 Å². The zero-order valence-corrected chi connectivity index (χ0v) is 10.1. The average Bonchev–Trinajstić information content (AvgIpc) is 2.38. The summed E-state index contributed by atoms with van der Waals surface area (Å²) in [6, 6.07) is 8.11. The maximum Gasteiger partial charge on any atom is 0.348 e. The number of rotatable bonds is 3. The second kappa shape index (κ2) is 5.46. The maximum absolute atomic E-state index is 11.8. The molecule has 0 bridgehead atoms. The standard InChI is InChI=1S/C12H10ClN3O2/c13-10-4-2-9(3-5-10)11(17)15-8-16-7-1-6-14-12(16)18/h1-7H,8H2,(H,15,17). The minimum absolute atomic E-state index is 0.0775. The summed E-state index contributed by atoms with van der Waals surface area (Å²) < 4.78 is 1.30. The van der Waals surface area contributed by atoms with Crippen molar-refractivity contribution in [3.8, 4) is 0 Å². The van der Waals surface area contributed by atoms with Crippen molar-refractivity contribution < 1.29 is 4.79 Å². The van der Waals surface area contributed by atoms with Crippen LogP contribution in [0.2, 0.25) is 5.02 Å². The molecule has 0 aliphatic carbocycles. The average molecular weight is 264 g/mol. The predicted octanol–water partition coefficient (Wildman–Crippen LogP) is 1.28. The number of nitrogens with zero attached hydrogens (tertiary/aromatic N) is 2. The van der Waals surface area contributed by atoms with Gasteiger partial charge in [-0.25, -0.2) is 9.78 Å². The molecule has 0 saturated heterocycles. The highest BCUT2D eigenvalue weighted by molar-refractivity contribution is 6.30. The van der Waals surface area contributed by atoms with Crippen LogP contribution in [0.4, 0.5) is 0 Å². The third kappa shape index (κ3) is 2.95. The van der Waals surface area contributed by atoms with Crippen molar-refractivity contribution in [1.82, 2.24) is 14.9 Å². The van der Waals surface area contributed by atoms with Crippen LogP contribution in [-0.4, -0.2) is 15.5 Å². The molecular formula is C12H10ClN3O2. The topological polar surface area (TPSA) is 64.0 Å². The molecule has 1 aromatic heterocycles. The van der Waals surface area contributed by atoms with Crippen LogP contribution in [0, 0.1) is 0 Å². The van der Waals surface area contributed by atoms with Gasteiger partial charge >= 0.3 is 5.69 Å². The van der Waals surface area contributed by atoms with E-state index in [-0.39, 0.29) is 12.6 Å². The summed E-state index contributed by atoms with van der Waals surface area (Å²) in [4.78, 5) is 26.6. The Hall–Kier alpha value is -2.14. The van der Waals surface area contributed by atoms with Crippen molar-refractivity contribution >= 4 is 17.5 Å². The Morgan fingerprint density at radius 3 is 2.72 bits per heavy atom. The van der Waals surface area contributed by atoms with E-state index < -0.39 is 5.69 Å². The molecule has 1 aromatic carbocycles. The molecule has 0 atom stereocenters. The van der Waals surface area contributed by atoms with E-state index in [0.29, 0.717) is 10.6 Å². The highest BCUT2D eigenvalue weighted by Crippen LogP contribution is 2.09.